The third-order valence-corrected chi connectivity index (χ3v) is 1.54. The van der Waals surface area contributed by atoms with E-state index < -0.39 is 0 Å². The van der Waals surface area contributed by atoms with Crippen molar-refractivity contribution in [1.29, 1.82) is 0 Å². The van der Waals surface area contributed by atoms with E-state index in [1.54, 1.807) is 0 Å². The van der Waals surface area contributed by atoms with E-state index in [1.165, 1.54) is 0 Å². The lowest BCUT2D eigenvalue weighted by Crippen LogP contribution is -2.27. The molecule has 0 unspecified atom stereocenters. The second-order valence-corrected chi connectivity index (χ2v) is 4.48. The second kappa shape index (κ2) is 6.03. The summed E-state index contributed by atoms with van der Waals surface area (Å²) in [5.41, 5.74) is 0.0558. The van der Waals surface area contributed by atoms with Crippen LogP contribution in [-0.4, -0.2) is 18.3 Å². The molecule has 13 heavy (non-hydrogen) atoms. The Morgan fingerprint density at radius 2 is 2.00 bits per heavy atom. The number of carbonyl (C=O) groups excluding carboxylic acids is 1. The van der Waals surface area contributed by atoms with Crippen molar-refractivity contribution in [3.05, 3.63) is 12.2 Å². The molecule has 1 N–H and O–H groups in total. The van der Waals surface area contributed by atoms with Gasteiger partial charge in [-0.25, -0.2) is 0 Å². The van der Waals surface area contributed by atoms with Gasteiger partial charge in [0.25, 0.3) is 0 Å². The summed E-state index contributed by atoms with van der Waals surface area (Å²) in [5, 5.41) is 2.79. The molecule has 0 saturated heterocycles. The maximum Gasteiger partial charge on any atom is 0.220 e. The predicted molar refractivity (Wildman–Crippen MR) is 56.9 cm³/mol. The molecule has 1 amide bonds. The van der Waals surface area contributed by atoms with Crippen LogP contribution in [0.25, 0.3) is 0 Å². The summed E-state index contributed by atoms with van der Waals surface area (Å²) in [6.07, 6.45) is 4.23. The molecule has 0 rings (SSSR count). The molecule has 0 atom stereocenters. The molecule has 0 aromatic carbocycles. The monoisotopic (exact) mass is 203 g/mol. The van der Waals surface area contributed by atoms with E-state index >= 15 is 0 Å². The molecular weight excluding hydrogens is 186 g/mol. The fourth-order valence-electron chi connectivity index (χ4n) is 0.863. The van der Waals surface area contributed by atoms with E-state index in [4.69, 9.17) is 11.6 Å². The highest BCUT2D eigenvalue weighted by molar-refractivity contribution is 6.18. The molecule has 0 aromatic rings. The van der Waals surface area contributed by atoms with Crippen molar-refractivity contribution in [3.8, 4) is 0 Å². The van der Waals surface area contributed by atoms with E-state index in [-0.39, 0.29) is 11.3 Å². The number of alkyl halides is 1. The first-order valence-corrected chi connectivity index (χ1v) is 4.97. The van der Waals surface area contributed by atoms with Gasteiger partial charge in [-0.05, 0) is 5.41 Å². The molecule has 0 spiro atoms. The fourth-order valence-corrected chi connectivity index (χ4v) is 0.989. The Morgan fingerprint density at radius 3 is 2.46 bits per heavy atom. The molecule has 0 aliphatic carbocycles. The highest BCUT2D eigenvalue weighted by Gasteiger charge is 2.14. The lowest BCUT2D eigenvalue weighted by molar-refractivity contribution is -0.122. The zero-order valence-corrected chi connectivity index (χ0v) is 9.32. The first kappa shape index (κ1) is 12.5. The molecule has 2 nitrogen and oxygen atoms in total. The lowest BCUT2D eigenvalue weighted by Gasteiger charge is -2.16. The van der Waals surface area contributed by atoms with Crippen LogP contribution in [0, 0.1) is 5.41 Å². The Labute approximate surface area is 85.3 Å². The molecule has 0 saturated carbocycles. The number of nitrogens with one attached hydrogen (secondary N) is 1. The summed E-state index contributed by atoms with van der Waals surface area (Å²) < 4.78 is 0. The summed E-state index contributed by atoms with van der Waals surface area (Å²) in [6.45, 7) is 6.70. The number of hydrogen-bond acceptors (Lipinski definition) is 1. The van der Waals surface area contributed by atoms with E-state index in [1.807, 2.05) is 32.9 Å². The van der Waals surface area contributed by atoms with Gasteiger partial charge in [0.2, 0.25) is 5.91 Å². The lowest BCUT2D eigenvalue weighted by atomic mass is 9.92. The summed E-state index contributed by atoms with van der Waals surface area (Å²) >= 11 is 5.42. The number of allylic oxidation sites excluding steroid dienone is 1. The van der Waals surface area contributed by atoms with Crippen molar-refractivity contribution >= 4 is 17.5 Å². The van der Waals surface area contributed by atoms with Crippen LogP contribution in [0.15, 0.2) is 12.2 Å². The highest BCUT2D eigenvalue weighted by Crippen LogP contribution is 2.17. The average Bonchev–Trinajstić information content (AvgIpc) is 1.94. The van der Waals surface area contributed by atoms with Gasteiger partial charge in [0.05, 0.1) is 0 Å². The Hall–Kier alpha value is -0.500. The first-order valence-electron chi connectivity index (χ1n) is 4.43. The number of amides is 1. The molecule has 0 heterocycles. The van der Waals surface area contributed by atoms with Crippen molar-refractivity contribution in [1.82, 2.24) is 5.32 Å². The van der Waals surface area contributed by atoms with Gasteiger partial charge >= 0.3 is 0 Å². The Morgan fingerprint density at radius 1 is 1.38 bits per heavy atom. The molecule has 0 fully saturated rings. The molecule has 0 aliphatic heterocycles. The fraction of sp³-hybridized carbons (Fsp3) is 0.700. The van der Waals surface area contributed by atoms with Crippen LogP contribution in [0.2, 0.25) is 0 Å². The molecular formula is C10H18ClNO. The van der Waals surface area contributed by atoms with Gasteiger partial charge in [0, 0.05) is 18.8 Å². The molecule has 76 valence electrons. The zero-order valence-electron chi connectivity index (χ0n) is 8.56. The summed E-state index contributed by atoms with van der Waals surface area (Å²) in [4.78, 5) is 11.2. The Bertz CT molecular complexity index is 182. The van der Waals surface area contributed by atoms with Crippen LogP contribution in [-0.2, 0) is 4.79 Å². The number of halogens is 1. The van der Waals surface area contributed by atoms with Gasteiger partial charge in [0.15, 0.2) is 0 Å². The Kier molecular flexibility index (Phi) is 5.80. The SMILES string of the molecule is CC(C)(C)CC(=O)NC/C=C/CCl. The van der Waals surface area contributed by atoms with Gasteiger partial charge < -0.3 is 5.32 Å². The summed E-state index contributed by atoms with van der Waals surface area (Å²) in [7, 11) is 0. The smallest absolute Gasteiger partial charge is 0.220 e. The van der Waals surface area contributed by atoms with E-state index in [0.717, 1.165) is 0 Å². The van der Waals surface area contributed by atoms with Crippen molar-refractivity contribution in [2.45, 2.75) is 27.2 Å². The number of carbonyl (C=O) groups is 1. The third kappa shape index (κ3) is 9.41. The molecule has 0 aliphatic rings. The largest absolute Gasteiger partial charge is 0.353 e. The average molecular weight is 204 g/mol. The van der Waals surface area contributed by atoms with Crippen LogP contribution in [0.5, 0.6) is 0 Å². The van der Waals surface area contributed by atoms with Crippen molar-refractivity contribution in [2.24, 2.45) is 5.41 Å². The third-order valence-electron chi connectivity index (χ3n) is 1.36. The highest BCUT2D eigenvalue weighted by atomic mass is 35.5. The van der Waals surface area contributed by atoms with E-state index in [9.17, 15) is 4.79 Å². The van der Waals surface area contributed by atoms with Gasteiger partial charge in [-0.2, -0.15) is 0 Å². The minimum Gasteiger partial charge on any atom is -0.353 e. The maximum absolute atomic E-state index is 11.2. The van der Waals surface area contributed by atoms with Crippen LogP contribution >= 0.6 is 11.6 Å². The van der Waals surface area contributed by atoms with Gasteiger partial charge in [-0.1, -0.05) is 32.9 Å². The van der Waals surface area contributed by atoms with E-state index in [0.29, 0.717) is 18.8 Å². The number of rotatable bonds is 4. The second-order valence-electron chi connectivity index (χ2n) is 4.17. The zero-order chi connectivity index (χ0) is 10.3. The molecule has 0 radical (unpaired) electrons. The van der Waals surface area contributed by atoms with Gasteiger partial charge in [-0.3, -0.25) is 4.79 Å². The van der Waals surface area contributed by atoms with Crippen molar-refractivity contribution < 1.29 is 4.79 Å². The predicted octanol–water partition coefficient (Wildman–Crippen LogP) is 2.33. The van der Waals surface area contributed by atoms with Crippen LogP contribution in [0.1, 0.15) is 27.2 Å². The Balaban J connectivity index is 3.58. The maximum atomic E-state index is 11.2. The minimum absolute atomic E-state index is 0.0558. The summed E-state index contributed by atoms with van der Waals surface area (Å²) in [5.74, 6) is 0.585. The molecule has 0 aromatic heterocycles. The standard InChI is InChI=1S/C10H18ClNO/c1-10(2,3)8-9(13)12-7-5-4-6-11/h4-5H,6-8H2,1-3H3,(H,12,13)/b5-4+. The topological polar surface area (TPSA) is 29.1 Å². The normalized spacial score (nSPS) is 12.0. The number of hydrogen-bond donors (Lipinski definition) is 1. The van der Waals surface area contributed by atoms with Crippen LogP contribution in [0.3, 0.4) is 0 Å². The molecule has 0 bridgehead atoms. The summed E-state index contributed by atoms with van der Waals surface area (Å²) in [6, 6.07) is 0. The molecule has 3 heteroatoms. The van der Waals surface area contributed by atoms with Gasteiger partial charge in [-0.15, -0.1) is 11.6 Å². The quantitative estimate of drug-likeness (QED) is 0.552. The van der Waals surface area contributed by atoms with Crippen LogP contribution < -0.4 is 5.32 Å². The van der Waals surface area contributed by atoms with Crippen molar-refractivity contribution in [3.63, 3.8) is 0 Å². The van der Waals surface area contributed by atoms with Crippen LogP contribution in [0.4, 0.5) is 0 Å². The van der Waals surface area contributed by atoms with E-state index in [2.05, 4.69) is 5.32 Å². The van der Waals surface area contributed by atoms with Gasteiger partial charge in [0.1, 0.15) is 0 Å². The first-order chi connectivity index (χ1) is 5.95. The van der Waals surface area contributed by atoms with Crippen molar-refractivity contribution in [2.75, 3.05) is 12.4 Å². The minimum atomic E-state index is 0.0558.